The maximum Gasteiger partial charge on any atom is 0.470 e. The minimum Gasteiger partial charge on any atom is -0.377 e. The molecule has 0 saturated carbocycles. The van der Waals surface area contributed by atoms with E-state index >= 15 is 0 Å². The zero-order valence-corrected chi connectivity index (χ0v) is 19.2. The SMILES string of the molecule is CCCCCCCCC(=O)NCC(CC(C[N+](C)(C)C)OP(=O)(O)O)OCC. The molecule has 0 aliphatic rings. The molecule has 0 aliphatic carbocycles. The monoisotopic (exact) mass is 425 g/mol. The van der Waals surface area contributed by atoms with Gasteiger partial charge in [0.1, 0.15) is 12.6 Å². The van der Waals surface area contributed by atoms with Gasteiger partial charge in [0.05, 0.1) is 27.2 Å². The summed E-state index contributed by atoms with van der Waals surface area (Å²) in [6, 6.07) is 0. The summed E-state index contributed by atoms with van der Waals surface area (Å²) < 4.78 is 22.4. The normalized spacial score (nSPS) is 14.7. The average Bonchev–Trinajstić information content (AvgIpc) is 2.53. The first kappa shape index (κ1) is 27.5. The lowest BCUT2D eigenvalue weighted by Crippen LogP contribution is -2.45. The van der Waals surface area contributed by atoms with Gasteiger partial charge in [-0.25, -0.2) is 4.57 Å². The van der Waals surface area contributed by atoms with E-state index in [1.807, 2.05) is 28.1 Å². The minimum absolute atomic E-state index is 0.0146. The fourth-order valence-corrected chi connectivity index (χ4v) is 3.62. The number of hydrogen-bond donors (Lipinski definition) is 3. The zero-order valence-electron chi connectivity index (χ0n) is 18.4. The number of phosphoric ester groups is 1. The van der Waals surface area contributed by atoms with Crippen LogP contribution < -0.4 is 5.32 Å². The van der Waals surface area contributed by atoms with Crippen LogP contribution in [0.25, 0.3) is 0 Å². The summed E-state index contributed by atoms with van der Waals surface area (Å²) in [5.41, 5.74) is 0. The van der Waals surface area contributed by atoms with Crippen molar-refractivity contribution in [2.45, 2.75) is 77.4 Å². The number of nitrogens with zero attached hydrogens (tertiary/aromatic N) is 1. The summed E-state index contributed by atoms with van der Waals surface area (Å²) in [5.74, 6) is -0.0146. The van der Waals surface area contributed by atoms with Crippen LogP contribution in [0, 0.1) is 0 Å². The van der Waals surface area contributed by atoms with Gasteiger partial charge in [-0.05, 0) is 13.3 Å². The Morgan fingerprint density at radius 3 is 2.18 bits per heavy atom. The third-order valence-corrected chi connectivity index (χ3v) is 4.82. The largest absolute Gasteiger partial charge is 0.470 e. The Hall–Kier alpha value is -0.500. The van der Waals surface area contributed by atoms with Crippen molar-refractivity contribution < 1.29 is 32.9 Å². The number of likely N-dealkylation sites (N-methyl/N-ethyl adjacent to an activating group) is 1. The van der Waals surface area contributed by atoms with Gasteiger partial charge in [-0.2, -0.15) is 0 Å². The Balaban J connectivity index is 4.48. The standard InChI is InChI=1S/C19H41N2O6P/c1-6-8-9-10-11-12-13-19(22)20-15-17(26-7-2)14-18(16-21(3,4)5)27-28(23,24)25/h17-18H,6-16H2,1-5H3,(H2-,20,22,23,24,25)/p+1. The molecule has 2 atom stereocenters. The molecule has 0 aliphatic heterocycles. The summed E-state index contributed by atoms with van der Waals surface area (Å²) in [4.78, 5) is 30.4. The second-order valence-corrected chi connectivity index (χ2v) is 9.52. The fourth-order valence-electron chi connectivity index (χ4n) is 3.08. The van der Waals surface area contributed by atoms with E-state index in [1.54, 1.807) is 0 Å². The quantitative estimate of drug-likeness (QED) is 0.188. The van der Waals surface area contributed by atoms with Gasteiger partial charge in [-0.15, -0.1) is 0 Å². The van der Waals surface area contributed by atoms with Crippen molar-refractivity contribution in [3.05, 3.63) is 0 Å². The summed E-state index contributed by atoms with van der Waals surface area (Å²) in [6.07, 6.45) is 6.53. The Morgan fingerprint density at radius 2 is 1.64 bits per heavy atom. The molecular weight excluding hydrogens is 383 g/mol. The predicted octanol–water partition coefficient (Wildman–Crippen LogP) is 2.83. The minimum atomic E-state index is -4.60. The molecule has 168 valence electrons. The van der Waals surface area contributed by atoms with Gasteiger partial charge in [-0.3, -0.25) is 9.32 Å². The number of amides is 1. The molecule has 0 fully saturated rings. The summed E-state index contributed by atoms with van der Waals surface area (Å²) in [7, 11) is 1.17. The van der Waals surface area contributed by atoms with Gasteiger partial charge in [0.15, 0.2) is 0 Å². The molecule has 0 saturated heterocycles. The van der Waals surface area contributed by atoms with Crippen molar-refractivity contribution in [1.82, 2.24) is 5.32 Å². The van der Waals surface area contributed by atoms with E-state index in [2.05, 4.69) is 12.2 Å². The van der Waals surface area contributed by atoms with E-state index in [9.17, 15) is 19.1 Å². The van der Waals surface area contributed by atoms with Crippen LogP contribution in [-0.4, -0.2) is 73.2 Å². The molecule has 0 spiro atoms. The molecule has 0 heterocycles. The molecule has 0 aromatic rings. The van der Waals surface area contributed by atoms with E-state index in [0.717, 1.165) is 19.3 Å². The number of carbonyl (C=O) groups is 1. The van der Waals surface area contributed by atoms with Gasteiger partial charge in [0.2, 0.25) is 5.91 Å². The van der Waals surface area contributed by atoms with Gasteiger partial charge in [0, 0.05) is 26.0 Å². The molecule has 0 aromatic heterocycles. The molecule has 0 bridgehead atoms. The summed E-state index contributed by atoms with van der Waals surface area (Å²) >= 11 is 0. The van der Waals surface area contributed by atoms with Crippen molar-refractivity contribution in [2.24, 2.45) is 0 Å². The van der Waals surface area contributed by atoms with Crippen molar-refractivity contribution in [3.63, 3.8) is 0 Å². The lowest BCUT2D eigenvalue weighted by atomic mass is 10.1. The van der Waals surface area contributed by atoms with Crippen molar-refractivity contribution >= 4 is 13.7 Å². The van der Waals surface area contributed by atoms with Gasteiger partial charge in [-0.1, -0.05) is 39.0 Å². The number of unbranched alkanes of at least 4 members (excludes halogenated alkanes) is 5. The topological polar surface area (TPSA) is 105 Å². The van der Waals surface area contributed by atoms with Crippen LogP contribution in [0.5, 0.6) is 0 Å². The smallest absolute Gasteiger partial charge is 0.377 e. The molecule has 0 radical (unpaired) electrons. The third-order valence-electron chi connectivity index (χ3n) is 4.25. The van der Waals surface area contributed by atoms with Crippen LogP contribution in [0.4, 0.5) is 0 Å². The highest BCUT2D eigenvalue weighted by molar-refractivity contribution is 7.46. The van der Waals surface area contributed by atoms with Crippen molar-refractivity contribution in [1.29, 1.82) is 0 Å². The summed E-state index contributed by atoms with van der Waals surface area (Å²) in [5, 5.41) is 2.88. The van der Waals surface area contributed by atoms with Gasteiger partial charge < -0.3 is 24.3 Å². The molecule has 3 N–H and O–H groups in total. The summed E-state index contributed by atoms with van der Waals surface area (Å²) in [6.45, 7) is 5.20. The number of nitrogens with one attached hydrogen (secondary N) is 1. The maximum absolute atomic E-state index is 12.1. The number of phosphoric acid groups is 1. The Morgan fingerprint density at radius 1 is 1.04 bits per heavy atom. The maximum atomic E-state index is 12.1. The molecule has 9 heteroatoms. The van der Waals surface area contributed by atoms with Crippen LogP contribution >= 0.6 is 7.82 Å². The van der Waals surface area contributed by atoms with Gasteiger partial charge in [0.25, 0.3) is 0 Å². The molecule has 28 heavy (non-hydrogen) atoms. The highest BCUT2D eigenvalue weighted by Gasteiger charge is 2.30. The van der Waals surface area contributed by atoms with Crippen molar-refractivity contribution in [3.8, 4) is 0 Å². The first-order valence-electron chi connectivity index (χ1n) is 10.4. The zero-order chi connectivity index (χ0) is 21.6. The first-order chi connectivity index (χ1) is 13.0. The molecule has 1 amide bonds. The number of hydrogen-bond acceptors (Lipinski definition) is 4. The Bertz CT molecular complexity index is 464. The predicted molar refractivity (Wildman–Crippen MR) is 111 cm³/mol. The highest BCUT2D eigenvalue weighted by atomic mass is 31.2. The average molecular weight is 426 g/mol. The Labute approximate surface area is 170 Å². The van der Waals surface area contributed by atoms with Crippen LogP contribution in [0.2, 0.25) is 0 Å². The van der Waals surface area contributed by atoms with E-state index in [-0.39, 0.29) is 12.0 Å². The van der Waals surface area contributed by atoms with Crippen LogP contribution in [0.15, 0.2) is 0 Å². The first-order valence-corrected chi connectivity index (χ1v) is 11.9. The molecule has 0 aromatic carbocycles. The van der Waals surface area contributed by atoms with Gasteiger partial charge >= 0.3 is 7.82 Å². The second-order valence-electron chi connectivity index (χ2n) is 8.33. The number of quaternary nitrogens is 1. The van der Waals surface area contributed by atoms with E-state index in [4.69, 9.17) is 9.26 Å². The Kier molecular flexibility index (Phi) is 14.2. The lowest BCUT2D eigenvalue weighted by Gasteiger charge is -2.31. The highest BCUT2D eigenvalue weighted by Crippen LogP contribution is 2.39. The van der Waals surface area contributed by atoms with E-state index in [1.165, 1.54) is 19.3 Å². The number of rotatable bonds is 17. The van der Waals surface area contributed by atoms with Crippen LogP contribution in [-0.2, 0) is 18.6 Å². The number of carbonyl (C=O) groups excluding carboxylic acids is 1. The second kappa shape index (κ2) is 14.5. The fraction of sp³-hybridized carbons (Fsp3) is 0.947. The number of ether oxygens (including phenoxy) is 1. The molecule has 0 rings (SSSR count). The van der Waals surface area contributed by atoms with E-state index < -0.39 is 13.9 Å². The van der Waals surface area contributed by atoms with Crippen LogP contribution in [0.1, 0.15) is 65.2 Å². The third kappa shape index (κ3) is 17.6. The van der Waals surface area contributed by atoms with E-state index in [0.29, 0.717) is 37.0 Å². The molecule has 2 unspecified atom stereocenters. The van der Waals surface area contributed by atoms with Crippen molar-refractivity contribution in [2.75, 3.05) is 40.8 Å². The lowest BCUT2D eigenvalue weighted by molar-refractivity contribution is -0.873. The molecular formula is C19H42N2O6P+. The van der Waals surface area contributed by atoms with Crippen LogP contribution in [0.3, 0.4) is 0 Å². The molecule has 8 nitrogen and oxygen atoms in total.